The van der Waals surface area contributed by atoms with E-state index in [0.29, 0.717) is 34.7 Å². The molecule has 7 nitrogen and oxygen atoms in total. The number of rotatable bonds is 6. The molecule has 0 aliphatic carbocycles. The molecule has 1 N–H and O–H groups in total. The van der Waals surface area contributed by atoms with Crippen LogP contribution in [0.5, 0.6) is 17.2 Å². The summed E-state index contributed by atoms with van der Waals surface area (Å²) in [5.41, 5.74) is 1.08. The molecule has 0 fully saturated rings. The summed E-state index contributed by atoms with van der Waals surface area (Å²) in [5, 5.41) is 3.38. The normalized spacial score (nSPS) is 12.0. The molecule has 4 rings (SSSR count). The predicted molar refractivity (Wildman–Crippen MR) is 96.0 cm³/mol. The van der Waals surface area contributed by atoms with Crippen LogP contribution in [-0.4, -0.2) is 17.7 Å². The number of hydrogen-bond donors (Lipinski definition) is 1. The zero-order valence-corrected chi connectivity index (χ0v) is 14.9. The standard InChI is InChI=1S/C19H15ClN2O5/c20-13-3-1-2-12(6-13)8-21-19(23)15-9-25-18(22-15)10-24-14-4-5-16-17(7-14)27-11-26-16/h1-7,9H,8,10-11H2,(H,21,23). The highest BCUT2D eigenvalue weighted by Gasteiger charge is 2.15. The zero-order valence-electron chi connectivity index (χ0n) is 14.1. The van der Waals surface area contributed by atoms with Crippen molar-refractivity contribution in [1.29, 1.82) is 0 Å². The van der Waals surface area contributed by atoms with Gasteiger partial charge in [-0.15, -0.1) is 0 Å². The Hall–Kier alpha value is -3.19. The van der Waals surface area contributed by atoms with E-state index in [1.165, 1.54) is 6.26 Å². The first-order valence-electron chi connectivity index (χ1n) is 8.17. The molecule has 1 aromatic heterocycles. The number of benzene rings is 2. The molecule has 1 amide bonds. The molecule has 0 saturated carbocycles. The molecule has 3 aromatic rings. The van der Waals surface area contributed by atoms with Gasteiger partial charge in [-0.25, -0.2) is 4.98 Å². The minimum atomic E-state index is -0.340. The molecule has 0 atom stereocenters. The highest BCUT2D eigenvalue weighted by Crippen LogP contribution is 2.35. The van der Waals surface area contributed by atoms with Crippen LogP contribution in [0.1, 0.15) is 21.9 Å². The lowest BCUT2D eigenvalue weighted by molar-refractivity contribution is 0.0946. The van der Waals surface area contributed by atoms with Crippen molar-refractivity contribution in [3.05, 3.63) is 70.9 Å². The van der Waals surface area contributed by atoms with Gasteiger partial charge in [0.25, 0.3) is 5.91 Å². The molecule has 0 bridgehead atoms. The molecule has 2 aromatic carbocycles. The van der Waals surface area contributed by atoms with Crippen LogP contribution in [-0.2, 0) is 13.2 Å². The van der Waals surface area contributed by atoms with Crippen molar-refractivity contribution in [2.75, 3.05) is 6.79 Å². The number of carbonyl (C=O) groups is 1. The van der Waals surface area contributed by atoms with E-state index < -0.39 is 0 Å². The molecule has 0 saturated heterocycles. The molecule has 2 heterocycles. The third kappa shape index (κ3) is 4.15. The van der Waals surface area contributed by atoms with E-state index in [1.807, 2.05) is 12.1 Å². The van der Waals surface area contributed by atoms with Crippen molar-refractivity contribution in [1.82, 2.24) is 10.3 Å². The number of fused-ring (bicyclic) bond motifs is 1. The van der Waals surface area contributed by atoms with E-state index in [1.54, 1.807) is 30.3 Å². The molecular weight excluding hydrogens is 372 g/mol. The van der Waals surface area contributed by atoms with Gasteiger partial charge in [0, 0.05) is 17.6 Å². The fraction of sp³-hybridized carbons (Fsp3) is 0.158. The first-order chi connectivity index (χ1) is 13.2. The van der Waals surface area contributed by atoms with Gasteiger partial charge in [0.05, 0.1) is 0 Å². The van der Waals surface area contributed by atoms with Crippen LogP contribution in [0.25, 0.3) is 0 Å². The second kappa shape index (κ2) is 7.59. The highest BCUT2D eigenvalue weighted by molar-refractivity contribution is 6.30. The molecule has 0 radical (unpaired) electrons. The monoisotopic (exact) mass is 386 g/mol. The summed E-state index contributed by atoms with van der Waals surface area (Å²) < 4.78 is 21.5. The molecule has 0 spiro atoms. The number of nitrogens with zero attached hydrogens (tertiary/aromatic N) is 1. The lowest BCUT2D eigenvalue weighted by atomic mass is 10.2. The van der Waals surface area contributed by atoms with Crippen molar-refractivity contribution in [2.45, 2.75) is 13.2 Å². The Morgan fingerprint density at radius 1 is 1.19 bits per heavy atom. The number of ether oxygens (including phenoxy) is 3. The topological polar surface area (TPSA) is 82.8 Å². The van der Waals surface area contributed by atoms with E-state index in [-0.39, 0.29) is 25.0 Å². The largest absolute Gasteiger partial charge is 0.484 e. The first kappa shape index (κ1) is 17.2. The number of hydrogen-bond acceptors (Lipinski definition) is 6. The summed E-state index contributed by atoms with van der Waals surface area (Å²) in [5.74, 6) is 1.84. The van der Waals surface area contributed by atoms with Crippen molar-refractivity contribution in [2.24, 2.45) is 0 Å². The quantitative estimate of drug-likeness (QED) is 0.697. The van der Waals surface area contributed by atoms with E-state index in [0.717, 1.165) is 5.56 Å². The predicted octanol–water partition coefficient (Wildman–Crippen LogP) is 3.57. The van der Waals surface area contributed by atoms with Crippen LogP contribution < -0.4 is 19.5 Å². The minimum absolute atomic E-state index is 0.0845. The van der Waals surface area contributed by atoms with Crippen LogP contribution in [0.15, 0.2) is 53.1 Å². The van der Waals surface area contributed by atoms with Crippen molar-refractivity contribution in [3.63, 3.8) is 0 Å². The molecular formula is C19H15ClN2O5. The van der Waals surface area contributed by atoms with Crippen molar-refractivity contribution >= 4 is 17.5 Å². The van der Waals surface area contributed by atoms with Crippen molar-refractivity contribution in [3.8, 4) is 17.2 Å². The summed E-state index contributed by atoms with van der Waals surface area (Å²) in [4.78, 5) is 16.3. The molecule has 1 aliphatic heterocycles. The van der Waals surface area contributed by atoms with Crippen molar-refractivity contribution < 1.29 is 23.4 Å². The number of halogens is 1. The van der Waals surface area contributed by atoms with Gasteiger partial charge in [0.1, 0.15) is 12.0 Å². The average Bonchev–Trinajstić information content (AvgIpc) is 3.33. The Bertz CT molecular complexity index is 972. The van der Waals surface area contributed by atoms with Gasteiger partial charge in [-0.3, -0.25) is 4.79 Å². The Balaban J connectivity index is 1.32. The highest BCUT2D eigenvalue weighted by atomic mass is 35.5. The van der Waals surface area contributed by atoms with Crippen LogP contribution >= 0.6 is 11.6 Å². The number of oxazole rings is 1. The minimum Gasteiger partial charge on any atom is -0.484 e. The molecule has 0 unspecified atom stereocenters. The van der Waals surface area contributed by atoms with E-state index in [9.17, 15) is 4.79 Å². The summed E-state index contributed by atoms with van der Waals surface area (Å²) in [6.07, 6.45) is 1.30. The molecule has 1 aliphatic rings. The number of aromatic nitrogens is 1. The molecule has 27 heavy (non-hydrogen) atoms. The van der Waals surface area contributed by atoms with Gasteiger partial charge < -0.3 is 23.9 Å². The van der Waals surface area contributed by atoms with Gasteiger partial charge in [-0.05, 0) is 29.8 Å². The van der Waals surface area contributed by atoms with E-state index >= 15 is 0 Å². The lowest BCUT2D eigenvalue weighted by Crippen LogP contribution is -2.23. The number of carbonyl (C=O) groups excluding carboxylic acids is 1. The SMILES string of the molecule is O=C(NCc1cccc(Cl)c1)c1coc(COc2ccc3c(c2)OCO3)n1. The van der Waals surface area contributed by atoms with Crippen LogP contribution in [0.3, 0.4) is 0 Å². The second-order valence-electron chi connectivity index (χ2n) is 5.74. The van der Waals surface area contributed by atoms with Crippen LogP contribution in [0.4, 0.5) is 0 Å². The fourth-order valence-electron chi connectivity index (χ4n) is 2.51. The smallest absolute Gasteiger partial charge is 0.273 e. The maximum Gasteiger partial charge on any atom is 0.273 e. The van der Waals surface area contributed by atoms with Gasteiger partial charge in [0.2, 0.25) is 12.7 Å². The lowest BCUT2D eigenvalue weighted by Gasteiger charge is -2.04. The van der Waals surface area contributed by atoms with Crippen LogP contribution in [0.2, 0.25) is 5.02 Å². The Morgan fingerprint density at radius 3 is 2.96 bits per heavy atom. The van der Waals surface area contributed by atoms with Gasteiger partial charge in [-0.2, -0.15) is 0 Å². The van der Waals surface area contributed by atoms with Gasteiger partial charge in [-0.1, -0.05) is 23.7 Å². The third-order valence-electron chi connectivity index (χ3n) is 3.83. The maximum atomic E-state index is 12.2. The van der Waals surface area contributed by atoms with Gasteiger partial charge in [0.15, 0.2) is 23.8 Å². The summed E-state index contributed by atoms with van der Waals surface area (Å²) in [6.45, 7) is 0.628. The Morgan fingerprint density at radius 2 is 2.07 bits per heavy atom. The fourth-order valence-corrected chi connectivity index (χ4v) is 2.73. The second-order valence-corrected chi connectivity index (χ2v) is 6.18. The summed E-state index contributed by atoms with van der Waals surface area (Å²) in [6, 6.07) is 12.5. The summed E-state index contributed by atoms with van der Waals surface area (Å²) >= 11 is 5.93. The first-order valence-corrected chi connectivity index (χ1v) is 8.55. The Kier molecular flexibility index (Phi) is 4.84. The Labute approximate surface area is 159 Å². The molecule has 8 heteroatoms. The van der Waals surface area contributed by atoms with E-state index in [2.05, 4.69) is 10.3 Å². The number of amides is 1. The molecule has 138 valence electrons. The van der Waals surface area contributed by atoms with E-state index in [4.69, 9.17) is 30.2 Å². The van der Waals surface area contributed by atoms with Crippen LogP contribution in [0, 0.1) is 0 Å². The average molecular weight is 387 g/mol. The third-order valence-corrected chi connectivity index (χ3v) is 4.07. The van der Waals surface area contributed by atoms with Gasteiger partial charge >= 0.3 is 0 Å². The number of nitrogens with one attached hydrogen (secondary N) is 1. The summed E-state index contributed by atoms with van der Waals surface area (Å²) in [7, 11) is 0. The zero-order chi connectivity index (χ0) is 18.6. The maximum absolute atomic E-state index is 12.2.